The molecular formula is C20H30N4O6. The molecule has 2 aliphatic heterocycles. The Morgan fingerprint density at radius 2 is 1.20 bits per heavy atom. The van der Waals surface area contributed by atoms with Gasteiger partial charge in [-0.25, -0.2) is 0 Å². The van der Waals surface area contributed by atoms with E-state index in [1.807, 2.05) is 18.2 Å². The number of hydrogen-bond donors (Lipinski definition) is 8. The number of carbonyl (C=O) groups excluding carboxylic acids is 2. The molecule has 1 aromatic rings. The van der Waals surface area contributed by atoms with Crippen LogP contribution in [0, 0.1) is 0 Å². The molecule has 2 heterocycles. The van der Waals surface area contributed by atoms with E-state index in [0.29, 0.717) is 0 Å². The summed E-state index contributed by atoms with van der Waals surface area (Å²) in [5.74, 6) is -0.808. The summed E-state index contributed by atoms with van der Waals surface area (Å²) in [7, 11) is 0. The van der Waals surface area contributed by atoms with Crippen molar-refractivity contribution in [3.63, 3.8) is 0 Å². The summed E-state index contributed by atoms with van der Waals surface area (Å²) >= 11 is 0. The molecule has 3 rings (SSSR count). The first-order valence-electron chi connectivity index (χ1n) is 10.1. The SMILES string of the molecule is C[C@@H]1N[C@@H](C(=O)NCc2cccc(CNC(=O)[C@@H]3N[C@@H](C)[C@@H](O)[C@H]3O)c2)[C@H](O)[C@@H]1O. The Balaban J connectivity index is 1.50. The molecule has 2 fully saturated rings. The van der Waals surface area contributed by atoms with E-state index in [9.17, 15) is 30.0 Å². The van der Waals surface area contributed by atoms with Gasteiger partial charge in [-0.05, 0) is 25.0 Å². The molecule has 10 heteroatoms. The smallest absolute Gasteiger partial charge is 0.240 e. The van der Waals surface area contributed by atoms with Crippen molar-refractivity contribution in [2.75, 3.05) is 0 Å². The quantitative estimate of drug-likeness (QED) is 0.242. The Kier molecular flexibility index (Phi) is 7.06. The van der Waals surface area contributed by atoms with E-state index in [1.165, 1.54) is 0 Å². The van der Waals surface area contributed by atoms with Gasteiger partial charge in [0, 0.05) is 25.2 Å². The Labute approximate surface area is 174 Å². The highest BCUT2D eigenvalue weighted by molar-refractivity contribution is 5.83. The van der Waals surface area contributed by atoms with Crippen molar-refractivity contribution < 1.29 is 30.0 Å². The summed E-state index contributed by atoms with van der Waals surface area (Å²) in [5, 5.41) is 50.7. The molecule has 2 aliphatic rings. The fourth-order valence-corrected chi connectivity index (χ4v) is 3.86. The number of nitrogens with one attached hydrogen (secondary N) is 4. The predicted molar refractivity (Wildman–Crippen MR) is 107 cm³/mol. The molecule has 1 aromatic carbocycles. The van der Waals surface area contributed by atoms with Crippen LogP contribution in [0.4, 0.5) is 0 Å². The minimum absolute atomic E-state index is 0.225. The minimum atomic E-state index is -1.16. The van der Waals surface area contributed by atoms with Crippen LogP contribution in [0.5, 0.6) is 0 Å². The van der Waals surface area contributed by atoms with Gasteiger partial charge in [0.25, 0.3) is 0 Å². The van der Waals surface area contributed by atoms with Crippen LogP contribution in [0.15, 0.2) is 24.3 Å². The van der Waals surface area contributed by atoms with Gasteiger partial charge < -0.3 is 31.1 Å². The highest BCUT2D eigenvalue weighted by atomic mass is 16.3. The van der Waals surface area contributed by atoms with Crippen molar-refractivity contribution in [3.8, 4) is 0 Å². The molecule has 0 unspecified atom stereocenters. The van der Waals surface area contributed by atoms with Gasteiger partial charge in [0.2, 0.25) is 11.8 Å². The van der Waals surface area contributed by atoms with Crippen molar-refractivity contribution >= 4 is 11.8 Å². The highest BCUT2D eigenvalue weighted by Gasteiger charge is 2.43. The van der Waals surface area contributed by atoms with Crippen molar-refractivity contribution in [1.82, 2.24) is 21.3 Å². The lowest BCUT2D eigenvalue weighted by atomic mass is 10.1. The first-order chi connectivity index (χ1) is 14.2. The number of hydrogen-bond acceptors (Lipinski definition) is 8. The molecule has 0 aromatic heterocycles. The molecule has 0 radical (unpaired) electrons. The van der Waals surface area contributed by atoms with E-state index in [0.717, 1.165) is 11.1 Å². The number of benzene rings is 1. The molecule has 0 bridgehead atoms. The fourth-order valence-electron chi connectivity index (χ4n) is 3.86. The van der Waals surface area contributed by atoms with Crippen LogP contribution < -0.4 is 21.3 Å². The first-order valence-corrected chi connectivity index (χ1v) is 10.1. The topological polar surface area (TPSA) is 163 Å². The lowest BCUT2D eigenvalue weighted by Gasteiger charge is -2.17. The normalized spacial score (nSPS) is 35.9. The predicted octanol–water partition coefficient (Wildman–Crippen LogP) is -2.92. The van der Waals surface area contributed by atoms with Crippen LogP contribution in [-0.2, 0) is 22.7 Å². The van der Waals surface area contributed by atoms with Crippen molar-refractivity contribution in [1.29, 1.82) is 0 Å². The third kappa shape index (κ3) is 4.80. The fraction of sp³-hybridized carbons (Fsp3) is 0.600. The second-order valence-electron chi connectivity index (χ2n) is 8.08. The monoisotopic (exact) mass is 422 g/mol. The third-order valence-corrected chi connectivity index (χ3v) is 5.78. The van der Waals surface area contributed by atoms with Gasteiger partial charge in [-0.1, -0.05) is 24.3 Å². The number of aliphatic hydroxyl groups is 4. The average molecular weight is 422 g/mol. The minimum Gasteiger partial charge on any atom is -0.389 e. The Bertz CT molecular complexity index is 718. The first kappa shape index (κ1) is 22.6. The van der Waals surface area contributed by atoms with E-state index in [-0.39, 0.29) is 25.2 Å². The van der Waals surface area contributed by atoms with Gasteiger partial charge in [-0.15, -0.1) is 0 Å². The van der Waals surface area contributed by atoms with Gasteiger partial charge in [-0.2, -0.15) is 0 Å². The number of rotatable bonds is 6. The molecule has 0 spiro atoms. The molecule has 0 aliphatic carbocycles. The zero-order valence-corrected chi connectivity index (χ0v) is 16.9. The molecule has 8 N–H and O–H groups in total. The maximum absolute atomic E-state index is 12.3. The molecule has 10 nitrogen and oxygen atoms in total. The van der Waals surface area contributed by atoms with Crippen molar-refractivity contribution in [2.24, 2.45) is 0 Å². The summed E-state index contributed by atoms with van der Waals surface area (Å²) in [4.78, 5) is 24.6. The van der Waals surface area contributed by atoms with E-state index in [2.05, 4.69) is 21.3 Å². The Hall–Kier alpha value is -2.08. The van der Waals surface area contributed by atoms with Gasteiger partial charge >= 0.3 is 0 Å². The summed E-state index contributed by atoms with van der Waals surface area (Å²) < 4.78 is 0. The van der Waals surface area contributed by atoms with Crippen LogP contribution in [0.25, 0.3) is 0 Å². The third-order valence-electron chi connectivity index (χ3n) is 5.78. The number of carbonyl (C=O) groups is 2. The second-order valence-corrected chi connectivity index (χ2v) is 8.08. The Morgan fingerprint density at radius 1 is 0.800 bits per heavy atom. The summed E-state index contributed by atoms with van der Waals surface area (Å²) in [6.45, 7) is 3.84. The van der Waals surface area contributed by atoms with Crippen LogP contribution >= 0.6 is 0 Å². The zero-order valence-electron chi connectivity index (χ0n) is 16.9. The van der Waals surface area contributed by atoms with Crippen LogP contribution in [0.3, 0.4) is 0 Å². The van der Waals surface area contributed by atoms with Gasteiger partial charge in [0.05, 0.1) is 12.2 Å². The van der Waals surface area contributed by atoms with Crippen molar-refractivity contribution in [2.45, 2.75) is 75.5 Å². The summed E-state index contributed by atoms with van der Waals surface area (Å²) in [6, 6.07) is 4.77. The summed E-state index contributed by atoms with van der Waals surface area (Å²) in [5.41, 5.74) is 1.61. The van der Waals surface area contributed by atoms with Crippen LogP contribution in [0.2, 0.25) is 0 Å². The molecule has 2 amide bonds. The number of aliphatic hydroxyl groups excluding tert-OH is 4. The van der Waals surface area contributed by atoms with Crippen molar-refractivity contribution in [3.05, 3.63) is 35.4 Å². The number of amides is 2. The van der Waals surface area contributed by atoms with Gasteiger partial charge in [-0.3, -0.25) is 20.2 Å². The van der Waals surface area contributed by atoms with E-state index in [1.54, 1.807) is 19.9 Å². The molecular weight excluding hydrogens is 392 g/mol. The van der Waals surface area contributed by atoms with E-state index >= 15 is 0 Å². The molecule has 8 atom stereocenters. The molecule has 2 saturated heterocycles. The maximum atomic E-state index is 12.3. The van der Waals surface area contributed by atoms with Crippen LogP contribution in [0.1, 0.15) is 25.0 Å². The van der Waals surface area contributed by atoms with E-state index < -0.39 is 48.3 Å². The molecule has 30 heavy (non-hydrogen) atoms. The highest BCUT2D eigenvalue weighted by Crippen LogP contribution is 2.16. The van der Waals surface area contributed by atoms with E-state index in [4.69, 9.17) is 0 Å². The molecule has 166 valence electrons. The lowest BCUT2D eigenvalue weighted by molar-refractivity contribution is -0.126. The molecule has 0 saturated carbocycles. The lowest BCUT2D eigenvalue weighted by Crippen LogP contribution is -2.47. The summed E-state index contributed by atoms with van der Waals surface area (Å²) in [6.07, 6.45) is -4.32. The van der Waals surface area contributed by atoms with Crippen LogP contribution in [-0.4, -0.2) is 80.8 Å². The second kappa shape index (κ2) is 9.38. The Morgan fingerprint density at radius 3 is 1.53 bits per heavy atom. The van der Waals surface area contributed by atoms with Gasteiger partial charge in [0.15, 0.2) is 0 Å². The standard InChI is InChI=1S/C20H30N4O6/c1-9-15(25)17(27)13(23-9)19(29)21-7-11-4-3-5-12(6-11)8-22-20(30)14-18(28)16(26)10(2)24-14/h3-6,9-10,13-18,23-28H,7-8H2,1-2H3,(H,21,29)(H,22,30)/t9-,10-,13+,14+,15+,16+,17-,18-/m0/s1. The average Bonchev–Trinajstić information content (AvgIpc) is 3.15. The zero-order chi connectivity index (χ0) is 22.0. The largest absolute Gasteiger partial charge is 0.389 e. The maximum Gasteiger partial charge on any atom is 0.240 e. The van der Waals surface area contributed by atoms with Gasteiger partial charge in [0.1, 0.15) is 24.3 Å².